The van der Waals surface area contributed by atoms with Crippen molar-refractivity contribution in [2.24, 2.45) is 11.8 Å². The molecule has 0 amide bonds. The van der Waals surface area contributed by atoms with Crippen LogP contribution in [0, 0.1) is 11.8 Å². The predicted octanol–water partition coefficient (Wildman–Crippen LogP) is 1.73. The molecule has 2 nitrogen and oxygen atoms in total. The number of piperidine rings is 1. The van der Waals surface area contributed by atoms with E-state index in [1.54, 1.807) is 0 Å². The van der Waals surface area contributed by atoms with E-state index >= 15 is 0 Å². The number of aliphatic hydroxyl groups is 1. The molecule has 0 spiro atoms. The quantitative estimate of drug-likeness (QED) is 0.708. The van der Waals surface area contributed by atoms with E-state index in [4.69, 9.17) is 0 Å². The molecule has 1 aliphatic heterocycles. The minimum absolute atomic E-state index is 0.115. The second kappa shape index (κ2) is 4.43. The van der Waals surface area contributed by atoms with Gasteiger partial charge in [0.25, 0.3) is 0 Å². The fourth-order valence-electron chi connectivity index (χ4n) is 2.22. The summed E-state index contributed by atoms with van der Waals surface area (Å²) in [5.74, 6) is 1.12. The first-order valence-electron chi connectivity index (χ1n) is 5.44. The molecular weight excluding hydrogens is 162 g/mol. The molecule has 1 aliphatic rings. The van der Waals surface area contributed by atoms with Crippen molar-refractivity contribution < 1.29 is 5.11 Å². The van der Waals surface area contributed by atoms with Crippen LogP contribution in [0.4, 0.5) is 0 Å². The largest absolute Gasteiger partial charge is 0.391 e. The molecule has 78 valence electrons. The van der Waals surface area contributed by atoms with Gasteiger partial charge < -0.3 is 5.11 Å². The summed E-state index contributed by atoms with van der Waals surface area (Å²) >= 11 is 0. The van der Waals surface area contributed by atoms with Crippen molar-refractivity contribution in [3.8, 4) is 0 Å². The van der Waals surface area contributed by atoms with Gasteiger partial charge in [0.1, 0.15) is 0 Å². The lowest BCUT2D eigenvalue weighted by atomic mass is 9.84. The van der Waals surface area contributed by atoms with Crippen molar-refractivity contribution in [3.63, 3.8) is 0 Å². The summed E-state index contributed by atoms with van der Waals surface area (Å²) < 4.78 is 0. The molecule has 0 saturated carbocycles. The number of aliphatic hydroxyl groups excluding tert-OH is 1. The number of nitrogens with zero attached hydrogens (tertiary/aromatic N) is 1. The molecule has 1 unspecified atom stereocenters. The fraction of sp³-hybridized carbons (Fsp3) is 1.00. The highest BCUT2D eigenvalue weighted by Gasteiger charge is 2.30. The highest BCUT2D eigenvalue weighted by Crippen LogP contribution is 2.25. The summed E-state index contributed by atoms with van der Waals surface area (Å²) in [6, 6.07) is 0.572. The summed E-state index contributed by atoms with van der Waals surface area (Å²) in [4.78, 5) is 2.36. The summed E-state index contributed by atoms with van der Waals surface area (Å²) in [7, 11) is 0. The first-order chi connectivity index (χ1) is 6.02. The van der Waals surface area contributed by atoms with Crippen LogP contribution in [0.15, 0.2) is 0 Å². The van der Waals surface area contributed by atoms with Gasteiger partial charge in [-0.15, -0.1) is 0 Å². The molecule has 1 saturated heterocycles. The zero-order valence-electron chi connectivity index (χ0n) is 9.33. The van der Waals surface area contributed by atoms with Crippen molar-refractivity contribution in [3.05, 3.63) is 0 Å². The van der Waals surface area contributed by atoms with Gasteiger partial charge in [-0.2, -0.15) is 0 Å². The van der Waals surface area contributed by atoms with Gasteiger partial charge in [-0.1, -0.05) is 13.8 Å². The maximum atomic E-state index is 9.92. The molecular formula is C11H23NO. The van der Waals surface area contributed by atoms with E-state index in [1.165, 1.54) is 0 Å². The Hall–Kier alpha value is -0.0800. The van der Waals surface area contributed by atoms with Gasteiger partial charge in [-0.3, -0.25) is 4.90 Å². The molecule has 1 N–H and O–H groups in total. The number of hydrogen-bond donors (Lipinski definition) is 1. The Morgan fingerprint density at radius 1 is 1.23 bits per heavy atom. The number of likely N-dealkylation sites (tertiary alicyclic amines) is 1. The average Bonchev–Trinajstić information content (AvgIpc) is 2.03. The molecule has 0 aliphatic carbocycles. The standard InChI is InChI=1S/C11H23NO/c1-8(2)10-5-6-12(9(3)4)7-11(10)13/h8-11,13H,5-7H2,1-4H3/t10?,11-/m0/s1. The Kier molecular flexibility index (Phi) is 3.74. The van der Waals surface area contributed by atoms with E-state index in [0.717, 1.165) is 19.5 Å². The molecule has 2 atom stereocenters. The summed E-state index contributed by atoms with van der Waals surface area (Å²) in [5.41, 5.74) is 0. The van der Waals surface area contributed by atoms with Gasteiger partial charge in [-0.05, 0) is 38.6 Å². The minimum Gasteiger partial charge on any atom is -0.391 e. The van der Waals surface area contributed by atoms with E-state index in [2.05, 4.69) is 32.6 Å². The SMILES string of the molecule is CC(C)C1CCN(C(C)C)C[C@@H]1O. The number of rotatable bonds is 2. The maximum absolute atomic E-state index is 9.92. The highest BCUT2D eigenvalue weighted by atomic mass is 16.3. The topological polar surface area (TPSA) is 23.5 Å². The zero-order valence-corrected chi connectivity index (χ0v) is 9.33. The normalized spacial score (nSPS) is 31.6. The second-order valence-electron chi connectivity index (χ2n) is 4.85. The molecule has 0 bridgehead atoms. The van der Waals surface area contributed by atoms with Gasteiger partial charge in [0, 0.05) is 12.6 Å². The maximum Gasteiger partial charge on any atom is 0.0698 e. The van der Waals surface area contributed by atoms with Gasteiger partial charge in [0.15, 0.2) is 0 Å². The third-order valence-corrected chi connectivity index (χ3v) is 3.25. The Morgan fingerprint density at radius 2 is 1.85 bits per heavy atom. The lowest BCUT2D eigenvalue weighted by molar-refractivity contribution is -0.00764. The van der Waals surface area contributed by atoms with Crippen molar-refractivity contribution in [2.45, 2.75) is 46.3 Å². The molecule has 1 fully saturated rings. The van der Waals surface area contributed by atoms with E-state index in [9.17, 15) is 5.11 Å². The summed E-state index contributed by atoms with van der Waals surface area (Å²) in [6.45, 7) is 10.8. The van der Waals surface area contributed by atoms with Gasteiger partial charge in [0.05, 0.1) is 6.10 Å². The fourth-order valence-corrected chi connectivity index (χ4v) is 2.22. The summed E-state index contributed by atoms with van der Waals surface area (Å²) in [6.07, 6.45) is 1.04. The average molecular weight is 185 g/mol. The van der Waals surface area contributed by atoms with Crippen molar-refractivity contribution in [2.75, 3.05) is 13.1 Å². The molecule has 0 aromatic heterocycles. The molecule has 0 aromatic carbocycles. The molecule has 1 heterocycles. The molecule has 1 rings (SSSR count). The van der Waals surface area contributed by atoms with Crippen LogP contribution in [0.1, 0.15) is 34.1 Å². The van der Waals surface area contributed by atoms with E-state index in [0.29, 0.717) is 17.9 Å². The van der Waals surface area contributed by atoms with E-state index in [1.807, 2.05) is 0 Å². The van der Waals surface area contributed by atoms with E-state index < -0.39 is 0 Å². The van der Waals surface area contributed by atoms with Crippen LogP contribution >= 0.6 is 0 Å². The van der Waals surface area contributed by atoms with Gasteiger partial charge in [0.2, 0.25) is 0 Å². The Morgan fingerprint density at radius 3 is 2.23 bits per heavy atom. The lowest BCUT2D eigenvalue weighted by Gasteiger charge is -2.39. The molecule has 2 heteroatoms. The third-order valence-electron chi connectivity index (χ3n) is 3.25. The first kappa shape index (κ1) is 11.0. The van der Waals surface area contributed by atoms with Crippen LogP contribution in [0.5, 0.6) is 0 Å². The zero-order chi connectivity index (χ0) is 10.0. The number of hydrogen-bond acceptors (Lipinski definition) is 2. The Bertz CT molecular complexity index is 156. The van der Waals surface area contributed by atoms with Crippen molar-refractivity contribution >= 4 is 0 Å². The van der Waals surface area contributed by atoms with Crippen molar-refractivity contribution in [1.82, 2.24) is 4.90 Å². The van der Waals surface area contributed by atoms with Crippen LogP contribution in [0.2, 0.25) is 0 Å². The molecule has 13 heavy (non-hydrogen) atoms. The Balaban J connectivity index is 2.46. The van der Waals surface area contributed by atoms with E-state index in [-0.39, 0.29) is 6.10 Å². The first-order valence-corrected chi connectivity index (χ1v) is 5.44. The van der Waals surface area contributed by atoms with Crippen LogP contribution in [-0.2, 0) is 0 Å². The third kappa shape index (κ3) is 2.68. The highest BCUT2D eigenvalue weighted by molar-refractivity contribution is 4.82. The second-order valence-corrected chi connectivity index (χ2v) is 4.85. The van der Waals surface area contributed by atoms with Crippen LogP contribution in [0.25, 0.3) is 0 Å². The van der Waals surface area contributed by atoms with Crippen LogP contribution in [0.3, 0.4) is 0 Å². The van der Waals surface area contributed by atoms with Crippen LogP contribution < -0.4 is 0 Å². The van der Waals surface area contributed by atoms with Crippen molar-refractivity contribution in [1.29, 1.82) is 0 Å². The predicted molar refractivity (Wildman–Crippen MR) is 55.7 cm³/mol. The monoisotopic (exact) mass is 185 g/mol. The molecule has 0 radical (unpaired) electrons. The lowest BCUT2D eigenvalue weighted by Crippen LogP contribution is -2.48. The molecule has 0 aromatic rings. The Labute approximate surface area is 81.9 Å². The van der Waals surface area contributed by atoms with Gasteiger partial charge in [-0.25, -0.2) is 0 Å². The summed E-state index contributed by atoms with van der Waals surface area (Å²) in [5, 5.41) is 9.92. The van der Waals surface area contributed by atoms with Gasteiger partial charge >= 0.3 is 0 Å². The smallest absolute Gasteiger partial charge is 0.0698 e. The number of β-amino-alcohol motifs (C(OH)–C–C–N with tert-alkyl or cyclic N) is 1. The minimum atomic E-state index is -0.115. The van der Waals surface area contributed by atoms with Crippen LogP contribution in [-0.4, -0.2) is 35.2 Å².